The molecule has 35 heavy (non-hydrogen) atoms. The third kappa shape index (κ3) is 5.80. The minimum Gasteiger partial charge on any atom is -0.508 e. The molecule has 1 aromatic carbocycles. The van der Waals surface area contributed by atoms with Gasteiger partial charge < -0.3 is 20.5 Å². The molecule has 0 aliphatic heterocycles. The van der Waals surface area contributed by atoms with Crippen LogP contribution in [0.15, 0.2) is 54.7 Å². The van der Waals surface area contributed by atoms with Crippen molar-refractivity contribution in [1.82, 2.24) is 20.6 Å². The van der Waals surface area contributed by atoms with Gasteiger partial charge in [0.1, 0.15) is 39.2 Å². The zero-order valence-electron chi connectivity index (χ0n) is 17.9. The van der Waals surface area contributed by atoms with Gasteiger partial charge in [-0.05, 0) is 55.3 Å². The first-order valence-electron chi connectivity index (χ1n) is 10.3. The molecule has 182 valence electrons. The van der Waals surface area contributed by atoms with Gasteiger partial charge in [-0.25, -0.2) is 4.98 Å². The summed E-state index contributed by atoms with van der Waals surface area (Å²) in [5.41, 5.74) is -1.65. The summed E-state index contributed by atoms with van der Waals surface area (Å²) in [4.78, 5) is 33.1. The summed E-state index contributed by atoms with van der Waals surface area (Å²) >= 11 is 5.80. The molecule has 12 heteroatoms. The average Bonchev–Trinajstić information content (AvgIpc) is 3.59. The molecular formula is C23H18ClF3N4O4. The highest BCUT2D eigenvalue weighted by Crippen LogP contribution is 2.40. The quantitative estimate of drug-likeness (QED) is 0.413. The number of ether oxygens (including phenoxy) is 1. The Morgan fingerprint density at radius 3 is 2.54 bits per heavy atom. The molecule has 1 saturated carbocycles. The highest BCUT2D eigenvalue weighted by Gasteiger charge is 2.51. The van der Waals surface area contributed by atoms with Gasteiger partial charge in [-0.15, -0.1) is 0 Å². The number of hydrogen-bond donors (Lipinski definition) is 3. The molecule has 0 spiro atoms. The van der Waals surface area contributed by atoms with Crippen LogP contribution in [0.4, 0.5) is 13.2 Å². The molecule has 8 nitrogen and oxygen atoms in total. The lowest BCUT2D eigenvalue weighted by atomic mass is 10.2. The number of alkyl halides is 3. The van der Waals surface area contributed by atoms with Crippen molar-refractivity contribution in [3.63, 3.8) is 0 Å². The van der Waals surface area contributed by atoms with Crippen molar-refractivity contribution in [3.05, 3.63) is 76.8 Å². The monoisotopic (exact) mass is 506 g/mol. The van der Waals surface area contributed by atoms with E-state index in [0.717, 1.165) is 12.1 Å². The van der Waals surface area contributed by atoms with Gasteiger partial charge in [-0.1, -0.05) is 17.7 Å². The predicted molar refractivity (Wildman–Crippen MR) is 118 cm³/mol. The van der Waals surface area contributed by atoms with E-state index in [1.54, 1.807) is 6.07 Å². The fraction of sp³-hybridized carbons (Fsp3) is 0.217. The molecule has 3 N–H and O–H groups in total. The standard InChI is InChI=1S/C23H18ClF3N4O4/c24-19-3-1-2-17(30-19)20(33)31-22(8-9-22)21(34)29-11-13-4-6-15(12-28-13)35-18-7-5-14(32)10-16(18)23(25,26)27/h1-7,10,12,32H,8-9,11H2,(H,29,34)(H,31,33). The van der Waals surface area contributed by atoms with Crippen molar-refractivity contribution in [2.75, 3.05) is 0 Å². The number of benzene rings is 1. The van der Waals surface area contributed by atoms with Crippen LogP contribution in [0, 0.1) is 0 Å². The molecule has 2 aromatic heterocycles. The summed E-state index contributed by atoms with van der Waals surface area (Å²) in [6.45, 7) is 0.0269. The fourth-order valence-corrected chi connectivity index (χ4v) is 3.39. The van der Waals surface area contributed by atoms with Crippen LogP contribution < -0.4 is 15.4 Å². The molecule has 3 aromatic rings. The number of amides is 2. The third-order valence-corrected chi connectivity index (χ3v) is 5.42. The number of carbonyl (C=O) groups excluding carboxylic acids is 2. The number of phenolic OH excluding ortho intramolecular Hbond substituents is 1. The summed E-state index contributed by atoms with van der Waals surface area (Å²) in [6, 6.07) is 10.1. The van der Waals surface area contributed by atoms with E-state index >= 15 is 0 Å². The maximum absolute atomic E-state index is 13.2. The van der Waals surface area contributed by atoms with Crippen molar-refractivity contribution in [2.45, 2.75) is 31.1 Å². The fourth-order valence-electron chi connectivity index (χ4n) is 3.22. The number of nitrogens with one attached hydrogen (secondary N) is 2. The lowest BCUT2D eigenvalue weighted by Crippen LogP contribution is -2.49. The zero-order chi connectivity index (χ0) is 25.2. The van der Waals surface area contributed by atoms with Crippen molar-refractivity contribution < 1.29 is 32.6 Å². The van der Waals surface area contributed by atoms with Gasteiger partial charge in [0, 0.05) is 0 Å². The highest BCUT2D eigenvalue weighted by atomic mass is 35.5. The Hall–Kier alpha value is -3.86. The summed E-state index contributed by atoms with van der Waals surface area (Å²) < 4.78 is 44.8. The lowest BCUT2D eigenvalue weighted by molar-refractivity contribution is -0.138. The molecule has 1 fully saturated rings. The van der Waals surface area contributed by atoms with Crippen LogP contribution in [0.25, 0.3) is 0 Å². The Bertz CT molecular complexity index is 1260. The lowest BCUT2D eigenvalue weighted by Gasteiger charge is -2.17. The number of carbonyl (C=O) groups is 2. The van der Waals surface area contributed by atoms with E-state index in [9.17, 15) is 27.9 Å². The topological polar surface area (TPSA) is 113 Å². The van der Waals surface area contributed by atoms with Crippen LogP contribution in [0.5, 0.6) is 17.2 Å². The molecule has 2 heterocycles. The van der Waals surface area contributed by atoms with Gasteiger partial charge in [-0.2, -0.15) is 13.2 Å². The highest BCUT2D eigenvalue weighted by molar-refractivity contribution is 6.29. The first-order chi connectivity index (χ1) is 16.6. The van der Waals surface area contributed by atoms with Crippen LogP contribution in [0.1, 0.15) is 34.6 Å². The number of phenols is 1. The molecule has 1 aliphatic rings. The molecule has 0 bridgehead atoms. The maximum atomic E-state index is 13.2. The summed E-state index contributed by atoms with van der Waals surface area (Å²) in [7, 11) is 0. The summed E-state index contributed by atoms with van der Waals surface area (Å²) in [6.07, 6.45) is -2.59. The van der Waals surface area contributed by atoms with Crippen LogP contribution in [-0.4, -0.2) is 32.4 Å². The van der Waals surface area contributed by atoms with Gasteiger partial charge in [0.25, 0.3) is 5.91 Å². The number of aromatic hydroxyl groups is 1. The van der Waals surface area contributed by atoms with E-state index in [1.807, 2.05) is 0 Å². The second-order valence-corrected chi connectivity index (χ2v) is 8.22. The molecule has 1 aliphatic carbocycles. The molecule has 0 radical (unpaired) electrons. The van der Waals surface area contributed by atoms with Crippen LogP contribution in [-0.2, 0) is 17.5 Å². The molecule has 0 saturated heterocycles. The van der Waals surface area contributed by atoms with Gasteiger partial charge in [-0.3, -0.25) is 14.6 Å². The number of nitrogens with zero attached hydrogens (tertiary/aromatic N) is 2. The molecule has 0 atom stereocenters. The number of hydrogen-bond acceptors (Lipinski definition) is 6. The molecule has 2 amide bonds. The second-order valence-electron chi connectivity index (χ2n) is 7.83. The van der Waals surface area contributed by atoms with Crippen molar-refractivity contribution in [3.8, 4) is 17.2 Å². The van der Waals surface area contributed by atoms with E-state index < -0.39 is 40.6 Å². The van der Waals surface area contributed by atoms with Crippen molar-refractivity contribution >= 4 is 23.4 Å². The average molecular weight is 507 g/mol. The van der Waals surface area contributed by atoms with Crippen molar-refractivity contribution in [2.24, 2.45) is 0 Å². The second kappa shape index (κ2) is 9.41. The van der Waals surface area contributed by atoms with Gasteiger partial charge in [0.15, 0.2) is 0 Å². The Morgan fingerprint density at radius 1 is 1.14 bits per heavy atom. The normalized spacial score (nSPS) is 14.2. The predicted octanol–water partition coefficient (Wildman–Crippen LogP) is 4.23. The van der Waals surface area contributed by atoms with E-state index in [4.69, 9.17) is 16.3 Å². The molecular weight excluding hydrogens is 489 g/mol. The van der Waals surface area contributed by atoms with Crippen LogP contribution in [0.3, 0.4) is 0 Å². The summed E-state index contributed by atoms with van der Waals surface area (Å²) in [5.74, 6) is -1.90. The molecule has 4 rings (SSSR count). The largest absolute Gasteiger partial charge is 0.508 e. The minimum atomic E-state index is -4.72. The zero-order valence-corrected chi connectivity index (χ0v) is 18.7. The van der Waals surface area contributed by atoms with E-state index in [2.05, 4.69) is 20.6 Å². The van der Waals surface area contributed by atoms with E-state index in [0.29, 0.717) is 24.6 Å². The Labute approximate surface area is 202 Å². The Morgan fingerprint density at radius 2 is 1.91 bits per heavy atom. The number of rotatable bonds is 7. The van der Waals surface area contributed by atoms with Crippen LogP contribution in [0.2, 0.25) is 5.15 Å². The first kappa shape index (κ1) is 24.3. The number of halogens is 4. The Balaban J connectivity index is 1.35. The first-order valence-corrected chi connectivity index (χ1v) is 10.7. The van der Waals surface area contributed by atoms with Gasteiger partial charge >= 0.3 is 6.18 Å². The van der Waals surface area contributed by atoms with E-state index in [1.165, 1.54) is 30.5 Å². The number of aromatic nitrogens is 2. The van der Waals surface area contributed by atoms with Gasteiger partial charge in [0.05, 0.1) is 18.4 Å². The van der Waals surface area contributed by atoms with E-state index in [-0.39, 0.29) is 23.1 Å². The van der Waals surface area contributed by atoms with Gasteiger partial charge in [0.2, 0.25) is 5.91 Å². The maximum Gasteiger partial charge on any atom is 0.420 e. The smallest absolute Gasteiger partial charge is 0.420 e. The third-order valence-electron chi connectivity index (χ3n) is 5.21. The summed E-state index contributed by atoms with van der Waals surface area (Å²) in [5, 5.41) is 14.9. The minimum absolute atomic E-state index is 0.0269. The SMILES string of the molecule is O=C(NC1(C(=O)NCc2ccc(Oc3ccc(O)cc3C(F)(F)F)cn2)CC1)c1cccc(Cl)n1. The van der Waals surface area contributed by atoms with Crippen molar-refractivity contribution in [1.29, 1.82) is 0 Å². The Kier molecular flexibility index (Phi) is 6.53. The molecule has 0 unspecified atom stereocenters. The number of pyridine rings is 2. The van der Waals surface area contributed by atoms with Crippen LogP contribution >= 0.6 is 11.6 Å².